The molecule has 1 aromatic carbocycles. The van der Waals surface area contributed by atoms with Crippen LogP contribution in [0.1, 0.15) is 25.1 Å². The summed E-state index contributed by atoms with van der Waals surface area (Å²) in [5.41, 5.74) is 3.23. The number of nitrogens with one attached hydrogen (secondary N) is 1. The van der Waals surface area contributed by atoms with E-state index in [0.717, 1.165) is 44.8 Å². The highest BCUT2D eigenvalue weighted by atomic mass is 79.9. The molecule has 0 unspecified atom stereocenters. The zero-order chi connectivity index (χ0) is 14.7. The molecule has 2 rings (SSSR count). The summed E-state index contributed by atoms with van der Waals surface area (Å²) in [6, 6.07) is 6.05. The molecule has 0 radical (unpaired) electrons. The number of hydrogen-bond acceptors (Lipinski definition) is 3. The Labute approximate surface area is 136 Å². The third-order valence-corrected chi connectivity index (χ3v) is 4.97. The standard InChI is InChI=1S/C15H17Br2N3/c1-4-11-9(3)19-14(20-15(11)18-5-2)10-6-7-12(16)13(17)8-10/h6-8H,4-5H2,1-3H3,(H,18,19,20). The van der Waals surface area contributed by atoms with Crippen molar-refractivity contribution in [1.82, 2.24) is 9.97 Å². The van der Waals surface area contributed by atoms with Crippen molar-refractivity contribution in [1.29, 1.82) is 0 Å². The number of nitrogens with zero attached hydrogens (tertiary/aromatic N) is 2. The first-order valence-corrected chi connectivity index (χ1v) is 8.22. The lowest BCUT2D eigenvalue weighted by molar-refractivity contribution is 0.989. The molecule has 0 bridgehead atoms. The van der Waals surface area contributed by atoms with Gasteiger partial charge in [0.2, 0.25) is 0 Å². The van der Waals surface area contributed by atoms with Crippen LogP contribution in [0, 0.1) is 6.92 Å². The molecule has 0 fully saturated rings. The monoisotopic (exact) mass is 397 g/mol. The van der Waals surface area contributed by atoms with Crippen molar-refractivity contribution in [2.45, 2.75) is 27.2 Å². The molecule has 0 spiro atoms. The number of rotatable bonds is 4. The molecule has 1 aromatic heterocycles. The first-order chi connectivity index (χ1) is 9.56. The second-order valence-electron chi connectivity index (χ2n) is 4.47. The average Bonchev–Trinajstić information content (AvgIpc) is 2.42. The predicted octanol–water partition coefficient (Wildman–Crippen LogP) is 4.97. The molecule has 5 heteroatoms. The molecule has 0 saturated heterocycles. The number of aryl methyl sites for hydroxylation is 1. The fraction of sp³-hybridized carbons (Fsp3) is 0.333. The van der Waals surface area contributed by atoms with Gasteiger partial charge in [-0.25, -0.2) is 9.97 Å². The third kappa shape index (κ3) is 3.20. The molecule has 0 saturated carbocycles. The maximum absolute atomic E-state index is 4.68. The van der Waals surface area contributed by atoms with Gasteiger partial charge in [0.15, 0.2) is 5.82 Å². The fourth-order valence-electron chi connectivity index (χ4n) is 2.10. The molecule has 2 aromatic rings. The summed E-state index contributed by atoms with van der Waals surface area (Å²) >= 11 is 7.00. The van der Waals surface area contributed by atoms with Crippen molar-refractivity contribution in [2.24, 2.45) is 0 Å². The number of aromatic nitrogens is 2. The van der Waals surface area contributed by atoms with Gasteiger partial charge < -0.3 is 5.32 Å². The lowest BCUT2D eigenvalue weighted by Crippen LogP contribution is -2.08. The molecular weight excluding hydrogens is 382 g/mol. The van der Waals surface area contributed by atoms with Crippen LogP contribution in [0.3, 0.4) is 0 Å². The Bertz CT molecular complexity index is 627. The van der Waals surface area contributed by atoms with E-state index in [1.807, 2.05) is 25.1 Å². The van der Waals surface area contributed by atoms with E-state index in [2.05, 4.69) is 61.0 Å². The van der Waals surface area contributed by atoms with Gasteiger partial charge in [-0.1, -0.05) is 6.92 Å². The summed E-state index contributed by atoms with van der Waals surface area (Å²) in [7, 11) is 0. The molecule has 0 atom stereocenters. The van der Waals surface area contributed by atoms with Crippen LogP contribution in [0.2, 0.25) is 0 Å². The van der Waals surface area contributed by atoms with E-state index in [0.29, 0.717) is 0 Å². The minimum Gasteiger partial charge on any atom is -0.370 e. The molecule has 1 heterocycles. The van der Waals surface area contributed by atoms with Gasteiger partial charge >= 0.3 is 0 Å². The first-order valence-electron chi connectivity index (χ1n) is 6.63. The van der Waals surface area contributed by atoms with Gasteiger partial charge in [-0.15, -0.1) is 0 Å². The first kappa shape index (κ1) is 15.4. The van der Waals surface area contributed by atoms with Gasteiger partial charge in [-0.3, -0.25) is 0 Å². The number of hydrogen-bond donors (Lipinski definition) is 1. The largest absolute Gasteiger partial charge is 0.370 e. The SMILES string of the molecule is CCNc1nc(-c2ccc(Br)c(Br)c2)nc(C)c1CC. The van der Waals surface area contributed by atoms with E-state index in [4.69, 9.17) is 0 Å². The molecule has 0 amide bonds. The van der Waals surface area contributed by atoms with E-state index in [9.17, 15) is 0 Å². The Balaban J connectivity index is 2.54. The van der Waals surface area contributed by atoms with Crippen LogP contribution in [0.5, 0.6) is 0 Å². The summed E-state index contributed by atoms with van der Waals surface area (Å²) in [5.74, 6) is 1.69. The van der Waals surface area contributed by atoms with Gasteiger partial charge in [-0.2, -0.15) is 0 Å². The van der Waals surface area contributed by atoms with Gasteiger partial charge in [0.05, 0.1) is 0 Å². The van der Waals surface area contributed by atoms with Gasteiger partial charge in [0.25, 0.3) is 0 Å². The van der Waals surface area contributed by atoms with Crippen molar-refractivity contribution in [3.8, 4) is 11.4 Å². The van der Waals surface area contributed by atoms with E-state index < -0.39 is 0 Å². The predicted molar refractivity (Wildman–Crippen MR) is 91.1 cm³/mol. The highest BCUT2D eigenvalue weighted by Gasteiger charge is 2.11. The van der Waals surface area contributed by atoms with Gasteiger partial charge in [-0.05, 0) is 70.3 Å². The van der Waals surface area contributed by atoms with E-state index >= 15 is 0 Å². The van der Waals surface area contributed by atoms with E-state index in [1.165, 1.54) is 5.56 Å². The molecule has 20 heavy (non-hydrogen) atoms. The number of halogens is 2. The third-order valence-electron chi connectivity index (χ3n) is 3.09. The lowest BCUT2D eigenvalue weighted by atomic mass is 10.1. The topological polar surface area (TPSA) is 37.8 Å². The van der Waals surface area contributed by atoms with Crippen molar-refractivity contribution in [2.75, 3.05) is 11.9 Å². The van der Waals surface area contributed by atoms with Crippen LogP contribution in [-0.2, 0) is 6.42 Å². The minimum atomic E-state index is 0.754. The summed E-state index contributed by atoms with van der Waals surface area (Å²) < 4.78 is 2.02. The normalized spacial score (nSPS) is 10.7. The minimum absolute atomic E-state index is 0.754. The maximum Gasteiger partial charge on any atom is 0.161 e. The maximum atomic E-state index is 4.68. The van der Waals surface area contributed by atoms with E-state index in [-0.39, 0.29) is 0 Å². The second kappa shape index (κ2) is 6.68. The molecule has 0 aliphatic carbocycles. The Kier molecular flexibility index (Phi) is 5.16. The fourth-order valence-corrected chi connectivity index (χ4v) is 2.72. The van der Waals surface area contributed by atoms with Crippen molar-refractivity contribution in [3.05, 3.63) is 38.4 Å². The zero-order valence-corrected chi connectivity index (χ0v) is 15.0. The van der Waals surface area contributed by atoms with Gasteiger partial charge in [0.1, 0.15) is 5.82 Å². The summed E-state index contributed by atoms with van der Waals surface area (Å²) in [5, 5.41) is 3.33. The molecule has 1 N–H and O–H groups in total. The highest BCUT2D eigenvalue weighted by Crippen LogP contribution is 2.29. The van der Waals surface area contributed by atoms with Crippen LogP contribution < -0.4 is 5.32 Å². The quantitative estimate of drug-likeness (QED) is 0.789. The summed E-state index contributed by atoms with van der Waals surface area (Å²) in [6.07, 6.45) is 0.929. The summed E-state index contributed by atoms with van der Waals surface area (Å²) in [6.45, 7) is 7.10. The van der Waals surface area contributed by atoms with Crippen LogP contribution in [-0.4, -0.2) is 16.5 Å². The van der Waals surface area contributed by atoms with Crippen molar-refractivity contribution < 1.29 is 0 Å². The molecular formula is C15H17Br2N3. The number of anilines is 1. The van der Waals surface area contributed by atoms with Crippen LogP contribution in [0.4, 0.5) is 5.82 Å². The molecule has 0 aliphatic rings. The van der Waals surface area contributed by atoms with Crippen LogP contribution in [0.15, 0.2) is 27.1 Å². The van der Waals surface area contributed by atoms with Crippen LogP contribution >= 0.6 is 31.9 Å². The smallest absolute Gasteiger partial charge is 0.161 e. The Morgan fingerprint density at radius 3 is 2.45 bits per heavy atom. The Morgan fingerprint density at radius 2 is 1.85 bits per heavy atom. The van der Waals surface area contributed by atoms with Crippen molar-refractivity contribution in [3.63, 3.8) is 0 Å². The average molecular weight is 399 g/mol. The molecule has 3 nitrogen and oxygen atoms in total. The number of benzene rings is 1. The zero-order valence-electron chi connectivity index (χ0n) is 11.8. The van der Waals surface area contributed by atoms with Crippen molar-refractivity contribution >= 4 is 37.7 Å². The Morgan fingerprint density at radius 1 is 1.10 bits per heavy atom. The van der Waals surface area contributed by atoms with Crippen LogP contribution in [0.25, 0.3) is 11.4 Å². The van der Waals surface area contributed by atoms with Gasteiger partial charge in [0, 0.05) is 32.3 Å². The van der Waals surface area contributed by atoms with E-state index in [1.54, 1.807) is 0 Å². The summed E-state index contributed by atoms with van der Waals surface area (Å²) in [4.78, 5) is 9.32. The Hall–Kier alpha value is -0.940. The molecule has 0 aliphatic heterocycles. The lowest BCUT2D eigenvalue weighted by Gasteiger charge is -2.13. The second-order valence-corrected chi connectivity index (χ2v) is 6.18. The molecule has 106 valence electrons. The highest BCUT2D eigenvalue weighted by molar-refractivity contribution is 9.13.